The molecule has 1 atom stereocenters. The highest BCUT2D eigenvalue weighted by Gasteiger charge is 2.25. The number of carbonyl (C=O) groups is 1. The molecule has 2 aromatic heterocycles. The van der Waals surface area contributed by atoms with Gasteiger partial charge in [0, 0.05) is 16.8 Å². The highest BCUT2D eigenvalue weighted by Crippen LogP contribution is 2.31. The minimum atomic E-state index is -0.525. The zero-order valence-corrected chi connectivity index (χ0v) is 15.5. The Labute approximate surface area is 157 Å². The van der Waals surface area contributed by atoms with Gasteiger partial charge in [0.25, 0.3) is 0 Å². The summed E-state index contributed by atoms with van der Waals surface area (Å²) in [6, 6.07) is 8.78. The van der Waals surface area contributed by atoms with Gasteiger partial charge in [-0.3, -0.25) is 0 Å². The summed E-state index contributed by atoms with van der Waals surface area (Å²) in [5.41, 5.74) is 3.17. The lowest BCUT2D eigenvalue weighted by molar-refractivity contribution is 0.142. The maximum Gasteiger partial charge on any atom is 0.407 e. The third-order valence-electron chi connectivity index (χ3n) is 4.15. The topological polar surface area (TPSA) is 68.5 Å². The Morgan fingerprint density at radius 1 is 1.35 bits per heavy atom. The molecule has 6 nitrogen and oxygen atoms in total. The smallest absolute Gasteiger partial charge is 0.407 e. The van der Waals surface area contributed by atoms with Crippen molar-refractivity contribution in [1.82, 2.24) is 19.9 Å². The zero-order valence-electron chi connectivity index (χ0n) is 14.8. The number of amides is 1. The molecular formula is C19H21ClN4O2. The quantitative estimate of drug-likeness (QED) is 0.655. The lowest BCUT2D eigenvalue weighted by Gasteiger charge is -2.21. The second-order valence-corrected chi connectivity index (χ2v) is 6.42. The Morgan fingerprint density at radius 2 is 2.19 bits per heavy atom. The molecule has 3 aromatic rings. The molecule has 1 aromatic carbocycles. The number of benzene rings is 1. The summed E-state index contributed by atoms with van der Waals surface area (Å²) in [4.78, 5) is 16.7. The average Bonchev–Trinajstić information content (AvgIpc) is 3.05. The molecule has 0 aliphatic heterocycles. The van der Waals surface area contributed by atoms with Crippen molar-refractivity contribution in [2.75, 3.05) is 6.61 Å². The van der Waals surface area contributed by atoms with Crippen molar-refractivity contribution in [2.45, 2.75) is 32.7 Å². The van der Waals surface area contributed by atoms with Crippen molar-refractivity contribution in [1.29, 1.82) is 0 Å². The fourth-order valence-corrected chi connectivity index (χ4v) is 3.15. The molecule has 7 heteroatoms. The van der Waals surface area contributed by atoms with Gasteiger partial charge in [-0.25, -0.2) is 14.3 Å². The van der Waals surface area contributed by atoms with Crippen LogP contribution in [0.1, 0.15) is 42.6 Å². The van der Waals surface area contributed by atoms with Crippen molar-refractivity contribution in [3.63, 3.8) is 0 Å². The zero-order chi connectivity index (χ0) is 18.5. The number of nitrogens with one attached hydrogen (secondary N) is 1. The van der Waals surface area contributed by atoms with Gasteiger partial charge in [-0.1, -0.05) is 37.1 Å². The second kappa shape index (κ2) is 8.19. The molecule has 0 bridgehead atoms. The van der Waals surface area contributed by atoms with Crippen LogP contribution in [0.4, 0.5) is 4.79 Å². The summed E-state index contributed by atoms with van der Waals surface area (Å²) in [7, 11) is 0. The number of unbranched alkanes of at least 4 members (excludes halogenated alkanes) is 1. The number of aryl methyl sites for hydroxylation is 1. The van der Waals surface area contributed by atoms with Crippen LogP contribution in [0.15, 0.2) is 42.7 Å². The maximum absolute atomic E-state index is 12.3. The molecule has 0 saturated heterocycles. The number of nitrogens with zero attached hydrogens (tertiary/aromatic N) is 3. The van der Waals surface area contributed by atoms with Crippen LogP contribution in [0.5, 0.6) is 0 Å². The molecular weight excluding hydrogens is 352 g/mol. The molecule has 1 unspecified atom stereocenters. The SMILES string of the molecule is CCCCOC(=O)NC(c1c(C)cccc1Cl)c1cnc2cccnn12. The highest BCUT2D eigenvalue weighted by atomic mass is 35.5. The van der Waals surface area contributed by atoms with E-state index in [1.54, 1.807) is 23.0 Å². The molecule has 0 radical (unpaired) electrons. The fraction of sp³-hybridized carbons (Fsp3) is 0.316. The number of hydrogen-bond acceptors (Lipinski definition) is 4. The predicted octanol–water partition coefficient (Wildman–Crippen LogP) is 4.31. The van der Waals surface area contributed by atoms with Crippen LogP contribution in [0.3, 0.4) is 0 Å². The van der Waals surface area contributed by atoms with E-state index < -0.39 is 12.1 Å². The van der Waals surface area contributed by atoms with Gasteiger partial charge in [-0.15, -0.1) is 0 Å². The Kier molecular flexibility index (Phi) is 5.73. The normalized spacial score (nSPS) is 12.1. The number of ether oxygens (including phenoxy) is 1. The molecule has 1 N–H and O–H groups in total. The number of alkyl carbamates (subject to hydrolysis) is 1. The Morgan fingerprint density at radius 3 is 2.96 bits per heavy atom. The summed E-state index contributed by atoms with van der Waals surface area (Å²) in [6.07, 6.45) is 4.66. The van der Waals surface area contributed by atoms with Crippen LogP contribution in [-0.4, -0.2) is 27.3 Å². The highest BCUT2D eigenvalue weighted by molar-refractivity contribution is 6.31. The molecule has 3 rings (SSSR count). The van der Waals surface area contributed by atoms with Crippen molar-refractivity contribution in [2.24, 2.45) is 0 Å². The summed E-state index contributed by atoms with van der Waals surface area (Å²) >= 11 is 6.46. The van der Waals surface area contributed by atoms with Crippen molar-refractivity contribution < 1.29 is 9.53 Å². The molecule has 26 heavy (non-hydrogen) atoms. The van der Waals surface area contributed by atoms with E-state index >= 15 is 0 Å². The molecule has 2 heterocycles. The van der Waals surface area contributed by atoms with Crippen molar-refractivity contribution in [3.8, 4) is 0 Å². The number of halogens is 1. The number of carbonyl (C=O) groups excluding carboxylic acids is 1. The largest absolute Gasteiger partial charge is 0.450 e. The van der Waals surface area contributed by atoms with Crippen LogP contribution < -0.4 is 5.32 Å². The molecule has 0 spiro atoms. The number of hydrogen-bond donors (Lipinski definition) is 1. The Hall–Kier alpha value is -2.60. The van der Waals surface area contributed by atoms with Gasteiger partial charge in [-0.05, 0) is 37.1 Å². The minimum Gasteiger partial charge on any atom is -0.450 e. The third-order valence-corrected chi connectivity index (χ3v) is 4.48. The van der Waals surface area contributed by atoms with E-state index in [0.717, 1.165) is 24.0 Å². The van der Waals surface area contributed by atoms with Gasteiger partial charge in [-0.2, -0.15) is 5.10 Å². The van der Waals surface area contributed by atoms with E-state index in [2.05, 4.69) is 15.4 Å². The van der Waals surface area contributed by atoms with E-state index in [-0.39, 0.29) is 0 Å². The van der Waals surface area contributed by atoms with Crippen LogP contribution in [-0.2, 0) is 4.74 Å². The van der Waals surface area contributed by atoms with E-state index in [9.17, 15) is 4.79 Å². The van der Waals surface area contributed by atoms with Crippen LogP contribution >= 0.6 is 11.6 Å². The number of fused-ring (bicyclic) bond motifs is 1. The number of rotatable bonds is 6. The summed E-state index contributed by atoms with van der Waals surface area (Å²) in [5.74, 6) is 0. The van der Waals surface area contributed by atoms with Gasteiger partial charge < -0.3 is 10.1 Å². The fourth-order valence-electron chi connectivity index (χ4n) is 2.82. The molecule has 0 saturated carbocycles. The van der Waals surface area contributed by atoms with Gasteiger partial charge in [0.15, 0.2) is 5.65 Å². The van der Waals surface area contributed by atoms with E-state index in [0.29, 0.717) is 23.0 Å². The lowest BCUT2D eigenvalue weighted by Crippen LogP contribution is -2.31. The maximum atomic E-state index is 12.3. The van der Waals surface area contributed by atoms with E-state index in [1.807, 2.05) is 38.1 Å². The van der Waals surface area contributed by atoms with Crippen molar-refractivity contribution in [3.05, 3.63) is 64.6 Å². The Balaban J connectivity index is 2.01. The first-order chi connectivity index (χ1) is 12.6. The number of aromatic nitrogens is 3. The van der Waals surface area contributed by atoms with Gasteiger partial charge in [0.2, 0.25) is 0 Å². The molecule has 0 aliphatic rings. The first-order valence-corrected chi connectivity index (χ1v) is 8.96. The molecule has 1 amide bonds. The first kappa shape index (κ1) is 18.2. The van der Waals surface area contributed by atoms with Gasteiger partial charge >= 0.3 is 6.09 Å². The first-order valence-electron chi connectivity index (χ1n) is 8.58. The van der Waals surface area contributed by atoms with E-state index in [4.69, 9.17) is 16.3 Å². The summed E-state index contributed by atoms with van der Waals surface area (Å²) in [5, 5.41) is 7.84. The minimum absolute atomic E-state index is 0.377. The molecule has 0 aliphatic carbocycles. The summed E-state index contributed by atoms with van der Waals surface area (Å²) in [6.45, 7) is 4.37. The molecule has 0 fully saturated rings. The van der Waals surface area contributed by atoms with Gasteiger partial charge in [0.1, 0.15) is 6.04 Å². The second-order valence-electron chi connectivity index (χ2n) is 6.01. The van der Waals surface area contributed by atoms with Crippen LogP contribution in [0.25, 0.3) is 5.65 Å². The number of imidazole rings is 1. The average molecular weight is 373 g/mol. The van der Waals surface area contributed by atoms with E-state index in [1.165, 1.54) is 0 Å². The summed E-state index contributed by atoms with van der Waals surface area (Å²) < 4.78 is 6.98. The van der Waals surface area contributed by atoms with Crippen molar-refractivity contribution >= 4 is 23.3 Å². The standard InChI is InChI=1S/C19H21ClN4O2/c1-3-4-11-26-19(25)23-18(17-13(2)7-5-8-14(17)20)15-12-21-16-9-6-10-22-24(15)16/h5-10,12,18H,3-4,11H2,1-2H3,(H,23,25). The predicted molar refractivity (Wildman–Crippen MR) is 100 cm³/mol. The molecule has 136 valence electrons. The van der Waals surface area contributed by atoms with Crippen LogP contribution in [0.2, 0.25) is 5.02 Å². The monoisotopic (exact) mass is 372 g/mol. The Bertz CT molecular complexity index is 889. The van der Waals surface area contributed by atoms with Crippen LogP contribution in [0, 0.1) is 6.92 Å². The van der Waals surface area contributed by atoms with Gasteiger partial charge in [0.05, 0.1) is 18.5 Å². The lowest BCUT2D eigenvalue weighted by atomic mass is 9.99. The third kappa shape index (κ3) is 3.80.